The number of methoxy groups -OCH3 is 1. The van der Waals surface area contributed by atoms with E-state index in [1.807, 2.05) is 6.07 Å². The second-order valence-corrected chi connectivity index (χ2v) is 5.84. The molecule has 0 radical (unpaired) electrons. The largest absolute Gasteiger partial charge is 0.469 e. The first-order chi connectivity index (χ1) is 8.91. The molecule has 0 aliphatic heterocycles. The van der Waals surface area contributed by atoms with Crippen LogP contribution in [0.15, 0.2) is 29.2 Å². The Kier molecular flexibility index (Phi) is 5.03. The average molecular weight is 282 g/mol. The van der Waals surface area contributed by atoms with Crippen LogP contribution < -0.4 is 0 Å². The van der Waals surface area contributed by atoms with Crippen LogP contribution in [0.3, 0.4) is 0 Å². The molecule has 102 valence electrons. The molecule has 0 spiro atoms. The Morgan fingerprint density at radius 3 is 2.74 bits per heavy atom. The van der Waals surface area contributed by atoms with Crippen molar-refractivity contribution in [1.82, 2.24) is 4.31 Å². The number of nitriles is 1. The molecule has 0 bridgehead atoms. The van der Waals surface area contributed by atoms with Crippen molar-refractivity contribution in [3.63, 3.8) is 0 Å². The van der Waals surface area contributed by atoms with Crippen LogP contribution in [0.2, 0.25) is 0 Å². The maximum Gasteiger partial charge on any atom is 0.306 e. The van der Waals surface area contributed by atoms with Gasteiger partial charge in [0.05, 0.1) is 30.1 Å². The quantitative estimate of drug-likeness (QED) is 0.743. The number of hydrogen-bond acceptors (Lipinski definition) is 5. The number of carbonyl (C=O) groups is 1. The third-order valence-corrected chi connectivity index (χ3v) is 4.38. The summed E-state index contributed by atoms with van der Waals surface area (Å²) in [5.74, 6) is -0.479. The van der Waals surface area contributed by atoms with Gasteiger partial charge in [0, 0.05) is 13.6 Å². The second kappa shape index (κ2) is 6.31. The fourth-order valence-electron chi connectivity index (χ4n) is 1.38. The Morgan fingerprint density at radius 2 is 2.16 bits per heavy atom. The average Bonchev–Trinajstić information content (AvgIpc) is 2.44. The van der Waals surface area contributed by atoms with E-state index < -0.39 is 16.0 Å². The molecule has 0 aliphatic rings. The van der Waals surface area contributed by atoms with Gasteiger partial charge in [0.25, 0.3) is 0 Å². The Hall–Kier alpha value is -1.91. The molecule has 0 heterocycles. The lowest BCUT2D eigenvalue weighted by Crippen LogP contribution is -2.29. The van der Waals surface area contributed by atoms with Crippen LogP contribution in [-0.4, -0.2) is 39.4 Å². The van der Waals surface area contributed by atoms with E-state index in [-0.39, 0.29) is 23.4 Å². The molecule has 0 saturated heterocycles. The summed E-state index contributed by atoms with van der Waals surface area (Å²) < 4.78 is 29.8. The lowest BCUT2D eigenvalue weighted by Gasteiger charge is -2.16. The minimum Gasteiger partial charge on any atom is -0.469 e. The molecular formula is C12H14N2O4S. The molecular weight excluding hydrogens is 268 g/mol. The minimum absolute atomic E-state index is 0.0196. The molecule has 0 aliphatic carbocycles. The molecule has 0 atom stereocenters. The maximum atomic E-state index is 12.2. The summed E-state index contributed by atoms with van der Waals surface area (Å²) in [4.78, 5) is 11.0. The summed E-state index contributed by atoms with van der Waals surface area (Å²) in [6.45, 7) is 0.0196. The van der Waals surface area contributed by atoms with Gasteiger partial charge < -0.3 is 4.74 Å². The highest BCUT2D eigenvalue weighted by Crippen LogP contribution is 2.15. The summed E-state index contributed by atoms with van der Waals surface area (Å²) in [7, 11) is -1.09. The van der Waals surface area contributed by atoms with Gasteiger partial charge in [-0.05, 0) is 18.2 Å². The van der Waals surface area contributed by atoms with Crippen LogP contribution in [0.25, 0.3) is 0 Å². The number of rotatable bonds is 5. The molecule has 19 heavy (non-hydrogen) atoms. The molecule has 0 saturated carbocycles. The van der Waals surface area contributed by atoms with E-state index in [1.54, 1.807) is 0 Å². The topological polar surface area (TPSA) is 87.5 Å². The normalized spacial score (nSPS) is 11.1. The van der Waals surface area contributed by atoms with Crippen molar-refractivity contribution in [2.24, 2.45) is 0 Å². The number of benzene rings is 1. The van der Waals surface area contributed by atoms with Crippen molar-refractivity contribution in [1.29, 1.82) is 5.26 Å². The van der Waals surface area contributed by atoms with Crippen LogP contribution in [0.4, 0.5) is 0 Å². The number of carbonyl (C=O) groups excluding carboxylic acids is 1. The van der Waals surface area contributed by atoms with Crippen molar-refractivity contribution >= 4 is 16.0 Å². The molecule has 7 heteroatoms. The summed E-state index contributed by atoms with van der Waals surface area (Å²) in [5, 5.41) is 8.75. The van der Waals surface area contributed by atoms with Gasteiger partial charge in [0.15, 0.2) is 0 Å². The van der Waals surface area contributed by atoms with Crippen molar-refractivity contribution < 1.29 is 17.9 Å². The third-order valence-electron chi connectivity index (χ3n) is 2.53. The Labute approximate surface area is 112 Å². The fourth-order valence-corrected chi connectivity index (χ4v) is 2.59. The molecule has 0 unspecified atom stereocenters. The number of ether oxygens (including phenoxy) is 1. The smallest absolute Gasteiger partial charge is 0.306 e. The van der Waals surface area contributed by atoms with Crippen LogP contribution in [0, 0.1) is 11.3 Å². The van der Waals surface area contributed by atoms with Crippen LogP contribution in [-0.2, 0) is 19.6 Å². The molecule has 1 aromatic rings. The van der Waals surface area contributed by atoms with Gasteiger partial charge in [-0.15, -0.1) is 0 Å². The first-order valence-electron chi connectivity index (χ1n) is 5.45. The maximum absolute atomic E-state index is 12.2. The van der Waals surface area contributed by atoms with E-state index in [2.05, 4.69) is 4.74 Å². The SMILES string of the molecule is COC(=O)CCN(C)S(=O)(=O)c1cccc(C#N)c1. The lowest BCUT2D eigenvalue weighted by molar-refractivity contribution is -0.140. The zero-order valence-corrected chi connectivity index (χ0v) is 11.5. The monoisotopic (exact) mass is 282 g/mol. The number of esters is 1. The standard InChI is InChI=1S/C12H14N2O4S/c1-14(7-6-12(15)18-2)19(16,17)11-5-3-4-10(8-11)9-13/h3-5,8H,6-7H2,1-2H3. The third kappa shape index (κ3) is 3.77. The van der Waals surface area contributed by atoms with E-state index in [1.165, 1.54) is 38.4 Å². The predicted octanol–water partition coefficient (Wildman–Crippen LogP) is 0.742. The molecule has 0 fully saturated rings. The number of sulfonamides is 1. The minimum atomic E-state index is -3.70. The summed E-state index contributed by atoms with van der Waals surface area (Å²) in [5.41, 5.74) is 0.266. The molecule has 0 N–H and O–H groups in total. The summed E-state index contributed by atoms with van der Waals surface area (Å²) >= 11 is 0. The molecule has 1 rings (SSSR count). The van der Waals surface area contributed by atoms with Crippen LogP contribution in [0.1, 0.15) is 12.0 Å². The van der Waals surface area contributed by atoms with Gasteiger partial charge in [0.1, 0.15) is 0 Å². The highest BCUT2D eigenvalue weighted by Gasteiger charge is 2.21. The van der Waals surface area contributed by atoms with Gasteiger partial charge in [-0.2, -0.15) is 5.26 Å². The van der Waals surface area contributed by atoms with Gasteiger partial charge in [0.2, 0.25) is 10.0 Å². The van der Waals surface area contributed by atoms with E-state index in [0.29, 0.717) is 0 Å². The van der Waals surface area contributed by atoms with Gasteiger partial charge in [-0.25, -0.2) is 12.7 Å². The number of nitrogens with zero attached hydrogens (tertiary/aromatic N) is 2. The zero-order valence-electron chi connectivity index (χ0n) is 10.7. The lowest BCUT2D eigenvalue weighted by atomic mass is 10.2. The molecule has 0 amide bonds. The first-order valence-corrected chi connectivity index (χ1v) is 6.89. The van der Waals surface area contributed by atoms with Crippen molar-refractivity contribution in [3.05, 3.63) is 29.8 Å². The Morgan fingerprint density at radius 1 is 1.47 bits per heavy atom. The van der Waals surface area contributed by atoms with E-state index >= 15 is 0 Å². The second-order valence-electron chi connectivity index (χ2n) is 3.79. The Bertz CT molecular complexity index is 604. The van der Waals surface area contributed by atoms with Crippen LogP contribution >= 0.6 is 0 Å². The fraction of sp³-hybridized carbons (Fsp3) is 0.333. The van der Waals surface area contributed by atoms with Crippen molar-refractivity contribution in [3.8, 4) is 6.07 Å². The highest BCUT2D eigenvalue weighted by molar-refractivity contribution is 7.89. The van der Waals surface area contributed by atoms with Gasteiger partial charge >= 0.3 is 5.97 Å². The molecule has 6 nitrogen and oxygen atoms in total. The van der Waals surface area contributed by atoms with Gasteiger partial charge in [-0.3, -0.25) is 4.79 Å². The van der Waals surface area contributed by atoms with Crippen LogP contribution in [0.5, 0.6) is 0 Å². The zero-order chi connectivity index (χ0) is 14.5. The van der Waals surface area contributed by atoms with Gasteiger partial charge in [-0.1, -0.05) is 6.07 Å². The highest BCUT2D eigenvalue weighted by atomic mass is 32.2. The van der Waals surface area contributed by atoms with Crippen molar-refractivity contribution in [2.75, 3.05) is 20.7 Å². The van der Waals surface area contributed by atoms with Crippen molar-refractivity contribution in [2.45, 2.75) is 11.3 Å². The summed E-state index contributed by atoms with van der Waals surface area (Å²) in [6.07, 6.45) is -0.0236. The number of hydrogen-bond donors (Lipinski definition) is 0. The molecule has 1 aromatic carbocycles. The first kappa shape index (κ1) is 15.1. The predicted molar refractivity (Wildman–Crippen MR) is 67.6 cm³/mol. The Balaban J connectivity index is 2.91. The summed E-state index contributed by atoms with van der Waals surface area (Å²) in [6, 6.07) is 7.60. The molecule has 0 aromatic heterocycles. The van der Waals surface area contributed by atoms with E-state index in [9.17, 15) is 13.2 Å². The van der Waals surface area contributed by atoms with E-state index in [4.69, 9.17) is 5.26 Å². The van der Waals surface area contributed by atoms with E-state index in [0.717, 1.165) is 4.31 Å².